The van der Waals surface area contributed by atoms with Crippen molar-refractivity contribution < 1.29 is 13.2 Å². The summed E-state index contributed by atoms with van der Waals surface area (Å²) in [6.07, 6.45) is 0.176. The Kier molecular flexibility index (Phi) is 5.48. The Morgan fingerprint density at radius 3 is 2.55 bits per heavy atom. The van der Waals surface area contributed by atoms with Crippen molar-refractivity contribution >= 4 is 50.0 Å². The summed E-state index contributed by atoms with van der Waals surface area (Å²) in [5.41, 5.74) is 3.99. The molecule has 2 saturated heterocycles. The van der Waals surface area contributed by atoms with Crippen molar-refractivity contribution in [2.45, 2.75) is 31.6 Å². The van der Waals surface area contributed by atoms with E-state index >= 15 is 0 Å². The van der Waals surface area contributed by atoms with Crippen molar-refractivity contribution in [2.75, 3.05) is 16.4 Å². The number of sulfone groups is 1. The highest BCUT2D eigenvalue weighted by atomic mass is 35.5. The zero-order chi connectivity index (χ0) is 20.8. The van der Waals surface area contributed by atoms with E-state index in [9.17, 15) is 13.2 Å². The molecule has 0 spiro atoms. The minimum atomic E-state index is -3.08. The molecule has 2 aliphatic rings. The molecule has 0 aliphatic carbocycles. The van der Waals surface area contributed by atoms with Crippen LogP contribution in [0.4, 0.5) is 5.69 Å². The molecule has 0 N–H and O–H groups in total. The predicted octanol–water partition coefficient (Wildman–Crippen LogP) is 3.80. The van der Waals surface area contributed by atoms with Crippen LogP contribution in [0.1, 0.15) is 16.7 Å². The first kappa shape index (κ1) is 20.4. The lowest BCUT2D eigenvalue weighted by Crippen LogP contribution is -2.37. The number of carbonyl (C=O) groups is 1. The van der Waals surface area contributed by atoms with Gasteiger partial charge in [-0.05, 0) is 54.8 Å². The summed E-state index contributed by atoms with van der Waals surface area (Å²) in [4.78, 5) is 18.9. The van der Waals surface area contributed by atoms with Gasteiger partial charge in [0.05, 0.1) is 24.0 Å². The molecule has 29 heavy (non-hydrogen) atoms. The molecule has 5 nitrogen and oxygen atoms in total. The van der Waals surface area contributed by atoms with Gasteiger partial charge in [0.15, 0.2) is 15.0 Å². The lowest BCUT2D eigenvalue weighted by molar-refractivity contribution is -0.117. The maximum Gasteiger partial charge on any atom is 0.252 e. The number of hydrogen-bond donors (Lipinski definition) is 0. The van der Waals surface area contributed by atoms with Gasteiger partial charge in [-0.25, -0.2) is 8.42 Å². The number of amides is 1. The molecule has 0 unspecified atom stereocenters. The van der Waals surface area contributed by atoms with Gasteiger partial charge < -0.3 is 4.90 Å². The number of anilines is 1. The number of rotatable bonds is 3. The van der Waals surface area contributed by atoms with E-state index in [1.807, 2.05) is 49.1 Å². The molecule has 2 aromatic rings. The van der Waals surface area contributed by atoms with Gasteiger partial charge in [0.2, 0.25) is 0 Å². The van der Waals surface area contributed by atoms with Crippen molar-refractivity contribution in [3.63, 3.8) is 0 Å². The number of nitrogens with zero attached hydrogens (tertiary/aromatic N) is 2. The van der Waals surface area contributed by atoms with Crippen molar-refractivity contribution in [1.29, 1.82) is 0 Å². The van der Waals surface area contributed by atoms with Crippen LogP contribution in [0.5, 0.6) is 0 Å². The Morgan fingerprint density at radius 1 is 1.14 bits per heavy atom. The number of benzene rings is 2. The zero-order valence-electron chi connectivity index (χ0n) is 16.1. The number of carbonyl (C=O) groups excluding carboxylic acids is 1. The first-order chi connectivity index (χ1) is 13.7. The van der Waals surface area contributed by atoms with Gasteiger partial charge in [0.1, 0.15) is 0 Å². The van der Waals surface area contributed by atoms with E-state index in [2.05, 4.69) is 4.99 Å². The van der Waals surface area contributed by atoms with E-state index in [0.717, 1.165) is 22.4 Å². The summed E-state index contributed by atoms with van der Waals surface area (Å²) in [6.45, 7) is 4.05. The molecule has 0 bridgehead atoms. The Bertz CT molecular complexity index is 1100. The molecule has 2 fully saturated rings. The van der Waals surface area contributed by atoms with Crippen molar-refractivity contribution in [2.24, 2.45) is 4.99 Å². The number of fused-ring (bicyclic) bond motifs is 1. The molecule has 2 atom stereocenters. The summed E-state index contributed by atoms with van der Waals surface area (Å²) in [7, 11) is -3.08. The smallest absolute Gasteiger partial charge is 0.252 e. The minimum Gasteiger partial charge on any atom is -0.316 e. The Balaban J connectivity index is 1.65. The summed E-state index contributed by atoms with van der Waals surface area (Å²) >= 11 is 7.30. The minimum absolute atomic E-state index is 0.0853. The fourth-order valence-electron chi connectivity index (χ4n) is 3.66. The molecule has 8 heteroatoms. The fourth-order valence-corrected chi connectivity index (χ4v) is 7.72. The number of aryl methyl sites for hydroxylation is 2. The number of halogens is 1. The third-order valence-corrected chi connectivity index (χ3v) is 8.79. The summed E-state index contributed by atoms with van der Waals surface area (Å²) in [5.74, 6) is -0.0535. The van der Waals surface area contributed by atoms with Crippen LogP contribution in [0.15, 0.2) is 47.5 Å². The summed E-state index contributed by atoms with van der Waals surface area (Å²) in [5, 5.41) is 1.09. The summed E-state index contributed by atoms with van der Waals surface area (Å²) < 4.78 is 24.4. The van der Waals surface area contributed by atoms with Crippen LogP contribution in [0, 0.1) is 13.8 Å². The normalized spacial score (nSPS) is 24.1. The molecule has 0 aromatic heterocycles. The van der Waals surface area contributed by atoms with E-state index in [4.69, 9.17) is 11.6 Å². The van der Waals surface area contributed by atoms with Crippen LogP contribution < -0.4 is 4.90 Å². The summed E-state index contributed by atoms with van der Waals surface area (Å²) in [6, 6.07) is 12.9. The Hall–Kier alpha value is -1.83. The van der Waals surface area contributed by atoms with Crippen molar-refractivity contribution in [3.05, 3.63) is 64.2 Å². The lowest BCUT2D eigenvalue weighted by Gasteiger charge is -2.25. The highest BCUT2D eigenvalue weighted by Crippen LogP contribution is 2.41. The SMILES string of the molecule is Cc1ccc(N2C(=NC(=O)Cc3ccc(Cl)cc3)S[C@@H]3CS(=O)(=O)C[C@@H]32)cc1C. The molecule has 4 rings (SSSR count). The molecule has 1 amide bonds. The molecular formula is C21H21ClN2O3S2. The van der Waals surface area contributed by atoms with Crippen LogP contribution in [0.3, 0.4) is 0 Å². The van der Waals surface area contributed by atoms with Crippen LogP contribution >= 0.6 is 23.4 Å². The monoisotopic (exact) mass is 448 g/mol. The maximum absolute atomic E-state index is 12.6. The van der Waals surface area contributed by atoms with Crippen molar-refractivity contribution in [1.82, 2.24) is 0 Å². The third-order valence-electron chi connectivity index (χ3n) is 5.32. The van der Waals surface area contributed by atoms with Crippen LogP contribution in [0.2, 0.25) is 5.02 Å². The second-order valence-corrected chi connectivity index (χ2v) is 11.3. The van der Waals surface area contributed by atoms with Gasteiger partial charge >= 0.3 is 0 Å². The average Bonchev–Trinajstić information content (AvgIpc) is 3.10. The van der Waals surface area contributed by atoms with Gasteiger partial charge in [0.25, 0.3) is 5.91 Å². The maximum atomic E-state index is 12.6. The molecular weight excluding hydrogens is 428 g/mol. The fraction of sp³-hybridized carbons (Fsp3) is 0.333. The number of aliphatic imine (C=N–C) groups is 1. The highest BCUT2D eigenvalue weighted by Gasteiger charge is 2.49. The second kappa shape index (κ2) is 7.78. The molecule has 2 aliphatic heterocycles. The Morgan fingerprint density at radius 2 is 1.86 bits per heavy atom. The standard InChI is InChI=1S/C21H21ClN2O3S2/c1-13-3-8-17(9-14(13)2)24-18-11-29(26,27)12-19(18)28-21(24)23-20(25)10-15-4-6-16(22)7-5-15/h3-9,18-19H,10-12H2,1-2H3/t18-,19+/m0/s1. The number of thioether (sulfide) groups is 1. The van der Waals surface area contributed by atoms with Gasteiger partial charge in [-0.1, -0.05) is 41.6 Å². The first-order valence-corrected chi connectivity index (χ1v) is 12.4. The first-order valence-electron chi connectivity index (χ1n) is 9.31. The number of hydrogen-bond acceptors (Lipinski definition) is 4. The molecule has 152 valence electrons. The third kappa shape index (κ3) is 4.37. The Labute approximate surface area is 180 Å². The molecule has 2 heterocycles. The lowest BCUT2D eigenvalue weighted by atomic mass is 10.1. The van der Waals surface area contributed by atoms with Crippen LogP contribution in [0.25, 0.3) is 0 Å². The zero-order valence-corrected chi connectivity index (χ0v) is 18.5. The number of amidine groups is 1. The largest absolute Gasteiger partial charge is 0.316 e. The molecule has 0 saturated carbocycles. The van der Waals surface area contributed by atoms with E-state index in [1.165, 1.54) is 11.8 Å². The van der Waals surface area contributed by atoms with E-state index < -0.39 is 9.84 Å². The van der Waals surface area contributed by atoms with E-state index in [-0.39, 0.29) is 35.1 Å². The molecule has 0 radical (unpaired) electrons. The predicted molar refractivity (Wildman–Crippen MR) is 120 cm³/mol. The van der Waals surface area contributed by atoms with Gasteiger partial charge in [-0.15, -0.1) is 0 Å². The van der Waals surface area contributed by atoms with E-state index in [0.29, 0.717) is 10.2 Å². The highest BCUT2D eigenvalue weighted by molar-refractivity contribution is 8.16. The topological polar surface area (TPSA) is 66.8 Å². The van der Waals surface area contributed by atoms with Gasteiger partial charge in [0, 0.05) is 16.0 Å². The van der Waals surface area contributed by atoms with Crippen LogP contribution in [-0.2, 0) is 21.1 Å². The van der Waals surface area contributed by atoms with Gasteiger partial charge in [-0.2, -0.15) is 4.99 Å². The van der Waals surface area contributed by atoms with Gasteiger partial charge in [-0.3, -0.25) is 4.79 Å². The second-order valence-electron chi connectivity index (χ2n) is 7.53. The van der Waals surface area contributed by atoms with Crippen LogP contribution in [-0.4, -0.2) is 42.3 Å². The molecule has 2 aromatic carbocycles. The van der Waals surface area contributed by atoms with Crippen molar-refractivity contribution in [3.8, 4) is 0 Å². The van der Waals surface area contributed by atoms with E-state index in [1.54, 1.807) is 12.1 Å². The average molecular weight is 449 g/mol. The quantitative estimate of drug-likeness (QED) is 0.714.